The van der Waals surface area contributed by atoms with Crippen molar-refractivity contribution in [3.63, 3.8) is 0 Å². The lowest BCUT2D eigenvalue weighted by atomic mass is 10.2. The summed E-state index contributed by atoms with van der Waals surface area (Å²) in [5.41, 5.74) is 0. The molecule has 0 saturated carbocycles. The Kier molecular flexibility index (Phi) is 8.42. The van der Waals surface area contributed by atoms with E-state index in [2.05, 4.69) is 9.98 Å². The molecule has 0 spiro atoms. The van der Waals surface area contributed by atoms with E-state index in [1.807, 2.05) is 0 Å². The number of carbonyl (C=O) groups excluding carboxylic acids is 3. The van der Waals surface area contributed by atoms with Crippen LogP contribution in [0.5, 0.6) is 0 Å². The number of esters is 1. The molecule has 0 heterocycles. The van der Waals surface area contributed by atoms with Gasteiger partial charge < -0.3 is 9.84 Å². The Bertz CT molecular complexity index is 332. The van der Waals surface area contributed by atoms with Crippen LogP contribution in [-0.4, -0.2) is 42.1 Å². The Morgan fingerprint density at radius 3 is 2.47 bits per heavy atom. The predicted octanol–water partition coefficient (Wildman–Crippen LogP) is 0.0784. The summed E-state index contributed by atoms with van der Waals surface area (Å²) in [6, 6.07) is -1.02. The summed E-state index contributed by atoms with van der Waals surface area (Å²) in [4.78, 5) is 38.2. The molecule has 0 radical (unpaired) electrons. The fourth-order valence-electron chi connectivity index (χ4n) is 1.06. The van der Waals surface area contributed by atoms with Gasteiger partial charge in [-0.25, -0.2) is 14.4 Å². The maximum atomic E-state index is 11.5. The van der Waals surface area contributed by atoms with Crippen molar-refractivity contribution < 1.29 is 24.2 Å². The number of hydrogen-bond donors (Lipinski definition) is 1. The molecule has 94 valence electrons. The maximum Gasteiger partial charge on any atom is 0.333 e. The summed E-state index contributed by atoms with van der Waals surface area (Å²) in [5, 5.41) is 8.62. The number of hydrogen-bond acceptors (Lipinski definition) is 7. The van der Waals surface area contributed by atoms with Crippen LogP contribution in [0.15, 0.2) is 9.98 Å². The van der Waals surface area contributed by atoms with E-state index in [0.29, 0.717) is 12.8 Å². The Hall–Kier alpha value is -1.81. The Morgan fingerprint density at radius 1 is 1.35 bits per heavy atom. The second-order valence-corrected chi connectivity index (χ2v) is 3.12. The fourth-order valence-corrected chi connectivity index (χ4v) is 1.06. The number of aliphatic imine (C=N–C) groups is 2. The van der Waals surface area contributed by atoms with Crippen molar-refractivity contribution in [2.45, 2.75) is 38.5 Å². The predicted molar refractivity (Wildman–Crippen MR) is 56.5 cm³/mol. The maximum absolute atomic E-state index is 11.5. The van der Waals surface area contributed by atoms with Crippen molar-refractivity contribution in [3.8, 4) is 0 Å². The zero-order chi connectivity index (χ0) is 13.1. The van der Waals surface area contributed by atoms with Gasteiger partial charge in [0.2, 0.25) is 18.4 Å². The van der Waals surface area contributed by atoms with Gasteiger partial charge in [0.05, 0.1) is 0 Å². The average molecular weight is 242 g/mol. The van der Waals surface area contributed by atoms with Crippen molar-refractivity contribution in [1.82, 2.24) is 0 Å². The molecule has 0 amide bonds. The van der Waals surface area contributed by atoms with Gasteiger partial charge in [-0.3, -0.25) is 0 Å². The lowest BCUT2D eigenvalue weighted by Crippen LogP contribution is -2.26. The largest absolute Gasteiger partial charge is 0.437 e. The molecule has 0 aliphatic carbocycles. The second kappa shape index (κ2) is 9.42. The molecule has 0 rings (SSSR count). The van der Waals surface area contributed by atoms with Gasteiger partial charge in [0.25, 0.3) is 0 Å². The minimum Gasteiger partial charge on any atom is -0.437 e. The number of ether oxygens (including phenoxy) is 1. The van der Waals surface area contributed by atoms with Crippen LogP contribution >= 0.6 is 0 Å². The average Bonchev–Trinajstić information content (AvgIpc) is 2.33. The molecule has 0 saturated heterocycles. The normalized spacial score (nSPS) is 12.8. The molecule has 0 aliphatic heterocycles. The Morgan fingerprint density at radius 2 is 2.00 bits per heavy atom. The van der Waals surface area contributed by atoms with E-state index in [9.17, 15) is 14.4 Å². The van der Waals surface area contributed by atoms with E-state index in [0.717, 1.165) is 0 Å². The minimum atomic E-state index is -1.02. The number of nitrogens with zero attached hydrogens (tertiary/aromatic N) is 2. The summed E-state index contributed by atoms with van der Waals surface area (Å²) in [5.74, 6) is -0.771. The molecule has 17 heavy (non-hydrogen) atoms. The van der Waals surface area contributed by atoms with Crippen LogP contribution < -0.4 is 0 Å². The third kappa shape index (κ3) is 6.37. The molecule has 0 aromatic carbocycles. The lowest BCUT2D eigenvalue weighted by molar-refractivity contribution is -0.150. The molecule has 0 aromatic rings. The zero-order valence-corrected chi connectivity index (χ0v) is 9.46. The number of aliphatic hydroxyl groups excluding tert-OH is 1. The molecule has 0 fully saturated rings. The highest BCUT2D eigenvalue weighted by atomic mass is 16.6. The van der Waals surface area contributed by atoms with E-state index in [4.69, 9.17) is 9.84 Å². The van der Waals surface area contributed by atoms with E-state index in [-0.39, 0.29) is 13.0 Å². The molecule has 0 aromatic heterocycles. The topological polar surface area (TPSA) is 105 Å². The Labute approximate surface area is 98.2 Å². The van der Waals surface area contributed by atoms with Gasteiger partial charge in [-0.05, 0) is 12.8 Å². The summed E-state index contributed by atoms with van der Waals surface area (Å²) < 4.78 is 4.83. The van der Waals surface area contributed by atoms with Crippen molar-refractivity contribution >= 4 is 18.1 Å². The molecule has 7 nitrogen and oxygen atoms in total. The number of carbonyl (C=O) groups is 1. The SMILES string of the molecule is CCC(N=C=O)OC(=O)C(CCCO)N=C=O. The van der Waals surface area contributed by atoms with Crippen molar-refractivity contribution in [2.75, 3.05) is 6.61 Å². The Balaban J connectivity index is 4.49. The van der Waals surface area contributed by atoms with Crippen LogP contribution in [-0.2, 0) is 19.1 Å². The van der Waals surface area contributed by atoms with Crippen LogP contribution in [0.3, 0.4) is 0 Å². The summed E-state index contributed by atoms with van der Waals surface area (Å²) in [6.07, 6.45) is 2.43. The van der Waals surface area contributed by atoms with Crippen LogP contribution in [0.4, 0.5) is 0 Å². The minimum absolute atomic E-state index is 0.123. The van der Waals surface area contributed by atoms with E-state index in [1.165, 1.54) is 12.2 Å². The quantitative estimate of drug-likeness (QED) is 0.368. The van der Waals surface area contributed by atoms with Crippen LogP contribution in [0.2, 0.25) is 0 Å². The highest BCUT2D eigenvalue weighted by molar-refractivity contribution is 5.77. The molecule has 2 unspecified atom stereocenters. The van der Waals surface area contributed by atoms with Crippen molar-refractivity contribution in [3.05, 3.63) is 0 Å². The fraction of sp³-hybridized carbons (Fsp3) is 0.700. The van der Waals surface area contributed by atoms with Gasteiger partial charge in [0.15, 0.2) is 6.04 Å². The standard InChI is InChI=1S/C10H14N2O5/c1-2-9(12-7-15)17-10(16)8(11-6-14)4-3-5-13/h8-9,13H,2-5H2,1H3. The monoisotopic (exact) mass is 242 g/mol. The van der Waals surface area contributed by atoms with Crippen molar-refractivity contribution in [2.24, 2.45) is 9.98 Å². The zero-order valence-electron chi connectivity index (χ0n) is 9.46. The van der Waals surface area contributed by atoms with E-state index < -0.39 is 18.2 Å². The lowest BCUT2D eigenvalue weighted by Gasteiger charge is -2.13. The first-order chi connectivity index (χ1) is 8.19. The number of aliphatic hydroxyl groups is 1. The third-order valence-corrected chi connectivity index (χ3v) is 1.91. The third-order valence-electron chi connectivity index (χ3n) is 1.91. The molecular formula is C10H14N2O5. The number of isocyanates is 2. The highest BCUT2D eigenvalue weighted by Gasteiger charge is 2.21. The highest BCUT2D eigenvalue weighted by Crippen LogP contribution is 2.08. The first-order valence-corrected chi connectivity index (χ1v) is 5.14. The molecular weight excluding hydrogens is 228 g/mol. The van der Waals surface area contributed by atoms with Gasteiger partial charge in [-0.2, -0.15) is 9.98 Å². The van der Waals surface area contributed by atoms with Crippen molar-refractivity contribution in [1.29, 1.82) is 0 Å². The number of rotatable bonds is 8. The second-order valence-electron chi connectivity index (χ2n) is 3.12. The van der Waals surface area contributed by atoms with Gasteiger partial charge in [0.1, 0.15) is 0 Å². The molecule has 2 atom stereocenters. The van der Waals surface area contributed by atoms with Crippen LogP contribution in [0.25, 0.3) is 0 Å². The molecule has 1 N–H and O–H groups in total. The van der Waals surface area contributed by atoms with E-state index >= 15 is 0 Å². The van der Waals surface area contributed by atoms with Crippen LogP contribution in [0.1, 0.15) is 26.2 Å². The van der Waals surface area contributed by atoms with E-state index in [1.54, 1.807) is 6.92 Å². The molecule has 7 heteroatoms. The van der Waals surface area contributed by atoms with Crippen LogP contribution in [0, 0.1) is 0 Å². The summed E-state index contributed by atoms with van der Waals surface area (Å²) in [6.45, 7) is 1.55. The first kappa shape index (κ1) is 15.2. The smallest absolute Gasteiger partial charge is 0.333 e. The van der Waals surface area contributed by atoms with Gasteiger partial charge in [-0.15, -0.1) is 0 Å². The molecule has 0 bridgehead atoms. The summed E-state index contributed by atoms with van der Waals surface area (Å²) >= 11 is 0. The van der Waals surface area contributed by atoms with Gasteiger partial charge in [-0.1, -0.05) is 6.92 Å². The first-order valence-electron chi connectivity index (χ1n) is 5.14. The van der Waals surface area contributed by atoms with Gasteiger partial charge >= 0.3 is 5.97 Å². The summed E-state index contributed by atoms with van der Waals surface area (Å²) in [7, 11) is 0. The van der Waals surface area contributed by atoms with Gasteiger partial charge in [0, 0.05) is 13.0 Å². The molecule has 0 aliphatic rings.